The molecule has 1 aromatic heterocycles. The first-order chi connectivity index (χ1) is 14.3. The van der Waals surface area contributed by atoms with Crippen LogP contribution in [-0.2, 0) is 9.47 Å². The first-order valence-electron chi connectivity index (χ1n) is 9.83. The highest BCUT2D eigenvalue weighted by Crippen LogP contribution is 2.23. The zero-order valence-corrected chi connectivity index (χ0v) is 16.7. The van der Waals surface area contributed by atoms with Crippen molar-refractivity contribution in [2.24, 2.45) is 0 Å². The molecule has 1 saturated carbocycles. The summed E-state index contributed by atoms with van der Waals surface area (Å²) in [5, 5.41) is 8.58. The number of carbonyl (C=O) groups is 1. The maximum atomic E-state index is 12.5. The maximum absolute atomic E-state index is 12.5. The number of anilines is 2. The van der Waals surface area contributed by atoms with Gasteiger partial charge in [0.15, 0.2) is 0 Å². The highest BCUT2D eigenvalue weighted by molar-refractivity contribution is 5.98. The predicted octanol–water partition coefficient (Wildman–Crippen LogP) is 3.23. The van der Waals surface area contributed by atoms with Crippen LogP contribution in [0.2, 0.25) is 0 Å². The second-order valence-electron chi connectivity index (χ2n) is 6.96. The fourth-order valence-electron chi connectivity index (χ4n) is 3.05. The first-order valence-corrected chi connectivity index (χ1v) is 9.83. The average Bonchev–Trinajstić information content (AvgIpc) is 2.70. The van der Waals surface area contributed by atoms with E-state index >= 15 is 0 Å². The van der Waals surface area contributed by atoms with Gasteiger partial charge in [0.1, 0.15) is 11.4 Å². The highest BCUT2D eigenvalue weighted by atomic mass is 19.3. The average molecular weight is 437 g/mol. The van der Waals surface area contributed by atoms with E-state index in [1.54, 1.807) is 6.92 Å². The summed E-state index contributed by atoms with van der Waals surface area (Å²) < 4.78 is 56.8. The van der Waals surface area contributed by atoms with Crippen LogP contribution in [0.1, 0.15) is 49.4 Å². The molecule has 1 fully saturated rings. The molecule has 3 N–H and O–H groups in total. The van der Waals surface area contributed by atoms with Crippen LogP contribution in [0.25, 0.3) is 0 Å². The molecule has 1 heterocycles. The lowest BCUT2D eigenvalue weighted by molar-refractivity contribution is -0.130. The lowest BCUT2D eigenvalue weighted by Gasteiger charge is -2.24. The van der Waals surface area contributed by atoms with Crippen LogP contribution in [-0.4, -0.2) is 60.9 Å². The molecule has 30 heavy (non-hydrogen) atoms. The van der Waals surface area contributed by atoms with Crippen LogP contribution < -0.4 is 16.0 Å². The minimum absolute atomic E-state index is 0.103. The molecule has 0 saturated heterocycles. The van der Waals surface area contributed by atoms with Gasteiger partial charge < -0.3 is 25.4 Å². The molecule has 1 aliphatic carbocycles. The van der Waals surface area contributed by atoms with E-state index in [9.17, 15) is 22.4 Å². The van der Waals surface area contributed by atoms with E-state index in [1.807, 2.05) is 0 Å². The Balaban J connectivity index is 2.06. The van der Waals surface area contributed by atoms with Crippen LogP contribution in [0.5, 0.6) is 0 Å². The molecule has 1 atom stereocenters. The molecule has 170 valence electrons. The maximum Gasteiger partial charge on any atom is 0.345 e. The van der Waals surface area contributed by atoms with Gasteiger partial charge in [-0.1, -0.05) is 19.3 Å². The van der Waals surface area contributed by atoms with Crippen molar-refractivity contribution in [3.05, 3.63) is 11.8 Å². The first kappa shape index (κ1) is 24.1. The number of rotatable bonds is 12. The third kappa shape index (κ3) is 8.66. The predicted molar refractivity (Wildman–Crippen MR) is 102 cm³/mol. The van der Waals surface area contributed by atoms with E-state index in [0.717, 1.165) is 32.1 Å². The summed E-state index contributed by atoms with van der Waals surface area (Å²) in [5.41, 5.74) is 0.152. The van der Waals surface area contributed by atoms with Crippen molar-refractivity contribution in [3.8, 4) is 0 Å². The van der Waals surface area contributed by atoms with Gasteiger partial charge in [-0.25, -0.2) is 4.98 Å². The van der Waals surface area contributed by atoms with E-state index in [4.69, 9.17) is 0 Å². The number of amides is 1. The largest absolute Gasteiger partial charge is 0.367 e. The highest BCUT2D eigenvalue weighted by Gasteiger charge is 2.20. The number of halogens is 4. The Kier molecular flexibility index (Phi) is 10.0. The molecule has 1 aliphatic rings. The van der Waals surface area contributed by atoms with Gasteiger partial charge >= 0.3 is 13.2 Å². The number of alkyl halides is 4. The number of carbonyl (C=O) groups excluding carboxylic acids is 1. The number of hydrogen-bond acceptors (Lipinski definition) is 7. The molecule has 0 unspecified atom stereocenters. The van der Waals surface area contributed by atoms with E-state index in [0.29, 0.717) is 0 Å². The molecule has 1 amide bonds. The zero-order valence-electron chi connectivity index (χ0n) is 16.7. The molecule has 0 radical (unpaired) electrons. The van der Waals surface area contributed by atoms with Gasteiger partial charge in [0.2, 0.25) is 5.95 Å². The Morgan fingerprint density at radius 3 is 2.53 bits per heavy atom. The number of aromatic nitrogens is 2. The standard InChI is InChI=1S/C18H27F4N5O3/c1-11(10-30-17(21)22)25-18-24-9-13(15(28)23-7-8-29-16(19)20)14(27-18)26-12-5-3-2-4-6-12/h9,11-12,16-17H,2-8,10H2,1H3,(H,23,28)(H2,24,25,26,27)/t11-/m0/s1. The summed E-state index contributed by atoms with van der Waals surface area (Å²) >= 11 is 0. The lowest BCUT2D eigenvalue weighted by atomic mass is 9.95. The van der Waals surface area contributed by atoms with E-state index in [-0.39, 0.29) is 43.1 Å². The van der Waals surface area contributed by atoms with Crippen LogP contribution in [0, 0.1) is 0 Å². The monoisotopic (exact) mass is 437 g/mol. The summed E-state index contributed by atoms with van der Waals surface area (Å²) in [7, 11) is 0. The van der Waals surface area contributed by atoms with Gasteiger partial charge in [0, 0.05) is 24.8 Å². The van der Waals surface area contributed by atoms with Crippen molar-refractivity contribution >= 4 is 17.7 Å². The number of nitrogens with one attached hydrogen (secondary N) is 3. The normalized spacial score (nSPS) is 16.0. The van der Waals surface area contributed by atoms with Crippen molar-refractivity contribution in [3.63, 3.8) is 0 Å². The molecule has 0 aromatic carbocycles. The summed E-state index contributed by atoms with van der Waals surface area (Å²) in [6.07, 6.45) is 6.41. The summed E-state index contributed by atoms with van der Waals surface area (Å²) in [5.74, 6) is -0.100. The number of nitrogens with zero attached hydrogens (tertiary/aromatic N) is 2. The molecule has 0 spiro atoms. The lowest BCUT2D eigenvalue weighted by Crippen LogP contribution is -2.31. The van der Waals surface area contributed by atoms with Crippen LogP contribution in [0.4, 0.5) is 29.3 Å². The third-order valence-electron chi connectivity index (χ3n) is 4.46. The van der Waals surface area contributed by atoms with Gasteiger partial charge in [-0.15, -0.1) is 0 Å². The minimum atomic E-state index is -2.91. The fraction of sp³-hybridized carbons (Fsp3) is 0.722. The van der Waals surface area contributed by atoms with Gasteiger partial charge in [0.25, 0.3) is 5.91 Å². The van der Waals surface area contributed by atoms with Crippen LogP contribution in [0.3, 0.4) is 0 Å². The Morgan fingerprint density at radius 1 is 1.17 bits per heavy atom. The molecule has 0 bridgehead atoms. The third-order valence-corrected chi connectivity index (χ3v) is 4.46. The van der Waals surface area contributed by atoms with Crippen LogP contribution >= 0.6 is 0 Å². The van der Waals surface area contributed by atoms with Gasteiger partial charge in [-0.05, 0) is 19.8 Å². The van der Waals surface area contributed by atoms with Crippen LogP contribution in [0.15, 0.2) is 6.20 Å². The van der Waals surface area contributed by atoms with Crippen molar-refractivity contribution in [1.82, 2.24) is 15.3 Å². The van der Waals surface area contributed by atoms with Gasteiger partial charge in [-0.2, -0.15) is 22.5 Å². The topological polar surface area (TPSA) is 97.4 Å². The van der Waals surface area contributed by atoms with E-state index < -0.39 is 25.2 Å². The smallest absolute Gasteiger partial charge is 0.345 e. The molecule has 0 aliphatic heterocycles. The van der Waals surface area contributed by atoms with Crippen molar-refractivity contribution in [1.29, 1.82) is 0 Å². The summed E-state index contributed by atoms with van der Waals surface area (Å²) in [6.45, 7) is -4.85. The Morgan fingerprint density at radius 2 is 1.87 bits per heavy atom. The molecular weight excluding hydrogens is 410 g/mol. The molecule has 1 aromatic rings. The Hall–Kier alpha value is -2.21. The van der Waals surface area contributed by atoms with E-state index in [1.165, 1.54) is 6.20 Å². The van der Waals surface area contributed by atoms with Gasteiger partial charge in [0.05, 0.1) is 13.2 Å². The van der Waals surface area contributed by atoms with E-state index in [2.05, 4.69) is 35.4 Å². The minimum Gasteiger partial charge on any atom is -0.367 e. The van der Waals surface area contributed by atoms with Gasteiger partial charge in [-0.3, -0.25) is 4.79 Å². The summed E-state index contributed by atoms with van der Waals surface area (Å²) in [4.78, 5) is 20.8. The fourth-order valence-corrected chi connectivity index (χ4v) is 3.05. The second-order valence-corrected chi connectivity index (χ2v) is 6.96. The number of hydrogen-bond donors (Lipinski definition) is 3. The second kappa shape index (κ2) is 12.5. The molecule has 12 heteroatoms. The SMILES string of the molecule is C[C@@H](COC(F)F)Nc1ncc(C(=O)NCCOC(F)F)c(NC2CCCCC2)n1. The zero-order chi connectivity index (χ0) is 21.9. The Labute approximate surface area is 172 Å². The number of ether oxygens (including phenoxy) is 2. The van der Waals surface area contributed by atoms with Crippen molar-refractivity contribution < 1.29 is 31.8 Å². The molecular formula is C18H27F4N5O3. The quantitative estimate of drug-likeness (QED) is 0.341. The van der Waals surface area contributed by atoms with Crippen molar-refractivity contribution in [2.45, 2.75) is 64.3 Å². The molecule has 2 rings (SSSR count). The van der Waals surface area contributed by atoms with Crippen molar-refractivity contribution in [2.75, 3.05) is 30.4 Å². The molecule has 8 nitrogen and oxygen atoms in total. The summed E-state index contributed by atoms with van der Waals surface area (Å²) in [6, 6.07) is -0.359. The Bertz CT molecular complexity index is 663.